The number of aryl methyl sites for hydroxylation is 1. The highest BCUT2D eigenvalue weighted by molar-refractivity contribution is 5.82. The van der Waals surface area contributed by atoms with E-state index in [2.05, 4.69) is 21.0 Å². The third kappa shape index (κ3) is 7.10. The normalized spacial score (nSPS) is 18.6. The maximum Gasteiger partial charge on any atom is 0.331 e. The van der Waals surface area contributed by atoms with Gasteiger partial charge in [0.1, 0.15) is 5.65 Å². The summed E-state index contributed by atoms with van der Waals surface area (Å²) in [5.74, 6) is 0.467. The number of aromatic nitrogens is 3. The van der Waals surface area contributed by atoms with Crippen LogP contribution in [0.4, 0.5) is 15.5 Å². The predicted octanol–water partition coefficient (Wildman–Crippen LogP) is 3.35. The number of rotatable bonds is 6. The second kappa shape index (κ2) is 14.0. The standard InChI is InChI=1S/C33H45N9O4/c1-22(2)35-32(44)39-14-10-26(11-15-39)42-29-24(20-28(30(42)43)27-7-5-4-6-23(27)3)21-34-31(37-29)36-25-8-12-40(13-9-25)33(45)38-41-16-18-46-19-17-41/h4-7,20-22,25-26H,8-19H2,1-3H3,(H,35,44)(H,38,45)(H,34,36,37). The molecule has 13 nitrogen and oxygen atoms in total. The van der Waals surface area contributed by atoms with Gasteiger partial charge in [-0.05, 0) is 63.6 Å². The molecule has 0 atom stereocenters. The van der Waals surface area contributed by atoms with Crippen LogP contribution in [0.3, 0.4) is 0 Å². The highest BCUT2D eigenvalue weighted by Crippen LogP contribution is 2.29. The molecular formula is C33H45N9O4. The van der Waals surface area contributed by atoms with Gasteiger partial charge < -0.3 is 25.2 Å². The number of carbonyl (C=O) groups is 2. The maximum atomic E-state index is 14.3. The molecule has 0 aliphatic carbocycles. The fourth-order valence-electron chi connectivity index (χ4n) is 6.55. The number of piperidine rings is 2. The number of nitrogens with zero attached hydrogens (tertiary/aromatic N) is 6. The molecule has 0 bridgehead atoms. The van der Waals surface area contributed by atoms with Gasteiger partial charge in [-0.15, -0.1) is 0 Å². The Morgan fingerprint density at radius 3 is 2.28 bits per heavy atom. The molecule has 0 radical (unpaired) electrons. The fraction of sp³-hybridized carbons (Fsp3) is 0.545. The van der Waals surface area contributed by atoms with Crippen molar-refractivity contribution in [1.82, 2.24) is 40.1 Å². The van der Waals surface area contributed by atoms with E-state index in [4.69, 9.17) is 9.72 Å². The third-order valence-electron chi connectivity index (χ3n) is 9.12. The van der Waals surface area contributed by atoms with Crippen LogP contribution in [0.5, 0.6) is 0 Å². The number of anilines is 1. The lowest BCUT2D eigenvalue weighted by Gasteiger charge is -2.35. The van der Waals surface area contributed by atoms with Crippen LogP contribution in [-0.2, 0) is 4.74 Å². The molecule has 0 spiro atoms. The number of fused-ring (bicyclic) bond motifs is 1. The van der Waals surface area contributed by atoms with Gasteiger partial charge in [-0.3, -0.25) is 14.8 Å². The van der Waals surface area contributed by atoms with Gasteiger partial charge in [0.25, 0.3) is 5.56 Å². The highest BCUT2D eigenvalue weighted by atomic mass is 16.5. The highest BCUT2D eigenvalue weighted by Gasteiger charge is 2.29. The number of amides is 4. The number of hydrogen-bond acceptors (Lipinski definition) is 8. The van der Waals surface area contributed by atoms with Crippen molar-refractivity contribution >= 4 is 29.0 Å². The Kier molecular flexibility index (Phi) is 9.69. The Balaban J connectivity index is 1.22. The van der Waals surface area contributed by atoms with Crippen LogP contribution < -0.4 is 21.6 Å². The molecule has 46 heavy (non-hydrogen) atoms. The minimum absolute atomic E-state index is 0.0599. The molecule has 3 saturated heterocycles. The van der Waals surface area contributed by atoms with E-state index >= 15 is 0 Å². The largest absolute Gasteiger partial charge is 0.379 e. The van der Waals surface area contributed by atoms with Gasteiger partial charge in [0.05, 0.1) is 13.2 Å². The van der Waals surface area contributed by atoms with E-state index in [0.29, 0.717) is 82.5 Å². The molecule has 4 amide bonds. The number of ether oxygens (including phenoxy) is 1. The van der Waals surface area contributed by atoms with E-state index in [1.54, 1.807) is 6.20 Å². The van der Waals surface area contributed by atoms with Crippen molar-refractivity contribution in [3.8, 4) is 11.1 Å². The van der Waals surface area contributed by atoms with E-state index in [0.717, 1.165) is 29.4 Å². The molecule has 13 heteroatoms. The van der Waals surface area contributed by atoms with Crippen molar-refractivity contribution in [1.29, 1.82) is 0 Å². The zero-order valence-electron chi connectivity index (χ0n) is 27.0. The van der Waals surface area contributed by atoms with Gasteiger partial charge in [-0.1, -0.05) is 24.3 Å². The summed E-state index contributed by atoms with van der Waals surface area (Å²) in [4.78, 5) is 53.0. The first-order valence-corrected chi connectivity index (χ1v) is 16.5. The number of carbonyl (C=O) groups excluding carboxylic acids is 2. The van der Waals surface area contributed by atoms with Crippen LogP contribution in [0.2, 0.25) is 0 Å². The molecule has 246 valence electrons. The lowest BCUT2D eigenvalue weighted by molar-refractivity contribution is 0.0154. The van der Waals surface area contributed by atoms with Crippen molar-refractivity contribution < 1.29 is 14.3 Å². The maximum absolute atomic E-state index is 14.3. The average Bonchev–Trinajstić information content (AvgIpc) is 3.05. The van der Waals surface area contributed by atoms with Gasteiger partial charge >= 0.3 is 12.1 Å². The second-order valence-corrected chi connectivity index (χ2v) is 12.8. The second-order valence-electron chi connectivity index (χ2n) is 12.8. The Morgan fingerprint density at radius 2 is 1.59 bits per heavy atom. The SMILES string of the molecule is Cc1ccccc1-c1cc2cnc(NC3CCN(C(=O)NN4CCOCC4)CC3)nc2n(C2CCN(C(=O)NC(C)C)CC2)c1=O. The Morgan fingerprint density at radius 1 is 0.913 bits per heavy atom. The zero-order chi connectivity index (χ0) is 32.2. The summed E-state index contributed by atoms with van der Waals surface area (Å²) in [7, 11) is 0. The third-order valence-corrected chi connectivity index (χ3v) is 9.12. The number of urea groups is 2. The van der Waals surface area contributed by atoms with Gasteiger partial charge in [-0.25, -0.2) is 19.6 Å². The molecular weight excluding hydrogens is 586 g/mol. The number of hydrazine groups is 1. The Hall–Kier alpha value is -4.23. The van der Waals surface area contributed by atoms with E-state index in [1.807, 2.05) is 70.5 Å². The Labute approximate surface area is 269 Å². The van der Waals surface area contributed by atoms with E-state index < -0.39 is 0 Å². The van der Waals surface area contributed by atoms with Crippen molar-refractivity contribution in [3.05, 3.63) is 52.4 Å². The minimum Gasteiger partial charge on any atom is -0.379 e. The van der Waals surface area contributed by atoms with Crippen LogP contribution in [0.15, 0.2) is 41.3 Å². The number of nitrogens with one attached hydrogen (secondary N) is 3. The first kappa shape index (κ1) is 31.7. The summed E-state index contributed by atoms with van der Waals surface area (Å²) in [5.41, 5.74) is 6.03. The monoisotopic (exact) mass is 631 g/mol. The lowest BCUT2D eigenvalue weighted by Crippen LogP contribution is -2.54. The molecule has 3 fully saturated rings. The van der Waals surface area contributed by atoms with Crippen LogP contribution in [0.1, 0.15) is 51.1 Å². The summed E-state index contributed by atoms with van der Waals surface area (Å²) in [5, 5.41) is 9.15. The quantitative estimate of drug-likeness (QED) is 0.377. The van der Waals surface area contributed by atoms with Crippen molar-refractivity contribution in [2.45, 2.75) is 64.6 Å². The molecule has 3 aromatic rings. The van der Waals surface area contributed by atoms with Gasteiger partial charge in [-0.2, -0.15) is 4.98 Å². The van der Waals surface area contributed by atoms with E-state index in [1.165, 1.54) is 0 Å². The molecule has 6 rings (SSSR count). The van der Waals surface area contributed by atoms with Gasteiger partial charge in [0.15, 0.2) is 0 Å². The zero-order valence-corrected chi connectivity index (χ0v) is 27.0. The van der Waals surface area contributed by atoms with E-state index in [-0.39, 0.29) is 35.7 Å². The number of morpholine rings is 1. The first-order chi connectivity index (χ1) is 22.3. The number of likely N-dealkylation sites (tertiary alicyclic amines) is 2. The lowest BCUT2D eigenvalue weighted by atomic mass is 9.99. The van der Waals surface area contributed by atoms with Crippen LogP contribution >= 0.6 is 0 Å². The smallest absolute Gasteiger partial charge is 0.331 e. The summed E-state index contributed by atoms with van der Waals surface area (Å²) < 4.78 is 7.20. The van der Waals surface area contributed by atoms with Gasteiger partial charge in [0, 0.05) is 74.5 Å². The molecule has 0 saturated carbocycles. The number of benzene rings is 1. The first-order valence-electron chi connectivity index (χ1n) is 16.5. The average molecular weight is 632 g/mol. The molecule has 1 aromatic carbocycles. The summed E-state index contributed by atoms with van der Waals surface area (Å²) in [6.07, 6.45) is 4.60. The van der Waals surface area contributed by atoms with Crippen molar-refractivity contribution in [2.75, 3.05) is 57.8 Å². The number of hydrogen-bond donors (Lipinski definition) is 3. The molecule has 3 N–H and O–H groups in total. The fourth-order valence-corrected chi connectivity index (χ4v) is 6.55. The molecule has 2 aromatic heterocycles. The molecule has 3 aliphatic rings. The minimum atomic E-state index is -0.113. The molecule has 0 unspecified atom stereocenters. The predicted molar refractivity (Wildman–Crippen MR) is 177 cm³/mol. The van der Waals surface area contributed by atoms with Crippen LogP contribution in [0.25, 0.3) is 22.2 Å². The Bertz CT molecular complexity index is 1600. The van der Waals surface area contributed by atoms with E-state index in [9.17, 15) is 14.4 Å². The summed E-state index contributed by atoms with van der Waals surface area (Å²) in [6, 6.07) is 9.70. The topological polar surface area (TPSA) is 137 Å². The van der Waals surface area contributed by atoms with Crippen molar-refractivity contribution in [2.24, 2.45) is 0 Å². The van der Waals surface area contributed by atoms with Crippen molar-refractivity contribution in [3.63, 3.8) is 0 Å². The summed E-state index contributed by atoms with van der Waals surface area (Å²) >= 11 is 0. The molecule has 3 aliphatic heterocycles. The molecule has 5 heterocycles. The van der Waals surface area contributed by atoms with Crippen LogP contribution in [0, 0.1) is 6.92 Å². The number of pyridine rings is 1. The van der Waals surface area contributed by atoms with Crippen LogP contribution in [-0.4, -0.2) is 106 Å². The van der Waals surface area contributed by atoms with Gasteiger partial charge in [0.2, 0.25) is 5.95 Å². The summed E-state index contributed by atoms with van der Waals surface area (Å²) in [6.45, 7) is 10.9.